The number of hydrogen-bond acceptors (Lipinski definition) is 5. The molecule has 0 spiro atoms. The third kappa shape index (κ3) is 13.5. The van der Waals surface area contributed by atoms with Gasteiger partial charge in [0, 0.05) is 11.5 Å². The van der Waals surface area contributed by atoms with E-state index in [4.69, 9.17) is 0 Å². The van der Waals surface area contributed by atoms with E-state index in [1.165, 1.54) is 0 Å². The van der Waals surface area contributed by atoms with Gasteiger partial charge in [-0.25, -0.2) is 16.8 Å². The highest BCUT2D eigenvalue weighted by Crippen LogP contribution is 2.15. The fourth-order valence-corrected chi connectivity index (χ4v) is 5.14. The van der Waals surface area contributed by atoms with E-state index in [-0.39, 0.29) is 11.5 Å². The van der Waals surface area contributed by atoms with Gasteiger partial charge in [-0.05, 0) is 39.9 Å². The molecule has 0 aliphatic rings. The van der Waals surface area contributed by atoms with Crippen LogP contribution >= 0.6 is 0 Å². The highest BCUT2D eigenvalue weighted by atomic mass is 32.3. The van der Waals surface area contributed by atoms with Crippen LogP contribution in [0, 0.1) is 0 Å². The van der Waals surface area contributed by atoms with Crippen LogP contribution < -0.4 is 0 Å². The lowest BCUT2D eigenvalue weighted by atomic mass is 10.1. The van der Waals surface area contributed by atoms with Crippen molar-refractivity contribution in [2.45, 2.75) is 58.3 Å². The zero-order valence-electron chi connectivity index (χ0n) is 14.1. The van der Waals surface area contributed by atoms with Crippen LogP contribution in [-0.4, -0.2) is 53.9 Å². The van der Waals surface area contributed by atoms with Crippen LogP contribution in [0.4, 0.5) is 0 Å². The molecule has 134 valence electrons. The summed E-state index contributed by atoms with van der Waals surface area (Å²) in [7, 11) is -3.92. The van der Waals surface area contributed by atoms with Gasteiger partial charge in [0.05, 0.1) is 20.0 Å². The molecule has 0 saturated carbocycles. The van der Waals surface area contributed by atoms with Gasteiger partial charge in [0.1, 0.15) is 0 Å². The van der Waals surface area contributed by atoms with E-state index in [0.29, 0.717) is 19.3 Å². The van der Waals surface area contributed by atoms with Crippen LogP contribution in [0.15, 0.2) is 0 Å². The third-order valence-corrected chi connectivity index (χ3v) is 6.67. The number of sulfonamides is 2. The molecule has 0 N–H and O–H groups in total. The normalized spacial score (nSPS) is 12.9. The topological polar surface area (TPSA) is 85.6 Å². The van der Waals surface area contributed by atoms with Gasteiger partial charge in [-0.3, -0.25) is 0 Å². The van der Waals surface area contributed by atoms with Gasteiger partial charge in [-0.2, -0.15) is 0 Å². The second kappa shape index (κ2) is 11.4. The smallest absolute Gasteiger partial charge is 0.0830 e. The molecule has 0 saturated heterocycles. The molecule has 0 heterocycles. The first-order valence-electron chi connectivity index (χ1n) is 8.03. The fourth-order valence-electron chi connectivity index (χ4n) is 2.02. The zero-order valence-corrected chi connectivity index (χ0v) is 15.8. The van der Waals surface area contributed by atoms with Crippen LogP contribution in [0.3, 0.4) is 0 Å². The van der Waals surface area contributed by atoms with Crippen molar-refractivity contribution in [1.29, 1.82) is 0 Å². The third-order valence-electron chi connectivity index (χ3n) is 3.24. The van der Waals surface area contributed by atoms with E-state index in [1.54, 1.807) is 0 Å². The minimum Gasteiger partial charge on any atom is -0.436 e. The lowest BCUT2D eigenvalue weighted by Gasteiger charge is -2.20. The largest absolute Gasteiger partial charge is 0.436 e. The molecule has 0 fully saturated rings. The van der Waals surface area contributed by atoms with Crippen LogP contribution in [0.2, 0.25) is 0 Å². The van der Waals surface area contributed by atoms with Crippen molar-refractivity contribution >= 4 is 20.0 Å². The Bertz CT molecular complexity index is 473. The summed E-state index contributed by atoms with van der Waals surface area (Å²) in [6.45, 7) is 2.90. The molecule has 0 unspecified atom stereocenters. The molecular formula is C14H31N2O4S2-. The predicted octanol–water partition coefficient (Wildman–Crippen LogP) is 2.72. The minimum atomic E-state index is -3.87. The molecule has 0 amide bonds. The Morgan fingerprint density at radius 1 is 0.727 bits per heavy atom. The maximum atomic E-state index is 11.7. The molecule has 0 radical (unpaired) electrons. The molecule has 0 atom stereocenters. The average Bonchev–Trinajstić information content (AvgIpc) is 2.37. The van der Waals surface area contributed by atoms with Crippen molar-refractivity contribution in [1.82, 2.24) is 4.90 Å². The van der Waals surface area contributed by atoms with Gasteiger partial charge in [-0.15, -0.1) is 0 Å². The molecule has 8 heteroatoms. The quantitative estimate of drug-likeness (QED) is 0.447. The van der Waals surface area contributed by atoms with Gasteiger partial charge < -0.3 is 9.03 Å². The maximum absolute atomic E-state index is 11.7. The minimum absolute atomic E-state index is 0.171. The van der Waals surface area contributed by atoms with Crippen LogP contribution in [0.25, 0.3) is 4.13 Å². The maximum Gasteiger partial charge on any atom is 0.0830 e. The summed E-state index contributed by atoms with van der Waals surface area (Å²) in [5.74, 6) is -0.368. The molecule has 22 heavy (non-hydrogen) atoms. The summed E-state index contributed by atoms with van der Waals surface area (Å²) in [5.41, 5.74) is 0. The van der Waals surface area contributed by atoms with Crippen molar-refractivity contribution in [3.8, 4) is 0 Å². The molecule has 0 aromatic carbocycles. The summed E-state index contributed by atoms with van der Waals surface area (Å²) in [4.78, 5) is 1.96. The van der Waals surface area contributed by atoms with Gasteiger partial charge in [-0.1, -0.05) is 39.0 Å². The van der Waals surface area contributed by atoms with E-state index in [2.05, 4.69) is 11.1 Å². The molecule has 0 rings (SSSR count). The highest BCUT2D eigenvalue weighted by Gasteiger charge is 2.08. The molecule has 0 aliphatic carbocycles. The SMILES string of the molecule is CCCCCCCCS(=O)(=O)[N-]S(=O)(=O)CCCCN(C)C. The van der Waals surface area contributed by atoms with Crippen molar-refractivity contribution in [2.24, 2.45) is 0 Å². The van der Waals surface area contributed by atoms with Crippen molar-refractivity contribution in [3.63, 3.8) is 0 Å². The Balaban J connectivity index is 4.00. The lowest BCUT2D eigenvalue weighted by molar-refractivity contribution is 0.398. The number of nitrogens with zero attached hydrogens (tertiary/aromatic N) is 2. The van der Waals surface area contributed by atoms with Crippen LogP contribution in [0.5, 0.6) is 0 Å². The summed E-state index contributed by atoms with van der Waals surface area (Å²) in [6, 6.07) is 0. The summed E-state index contributed by atoms with van der Waals surface area (Å²) in [5, 5.41) is 0. The lowest BCUT2D eigenvalue weighted by Crippen LogP contribution is -2.16. The predicted molar refractivity (Wildman–Crippen MR) is 92.1 cm³/mol. The van der Waals surface area contributed by atoms with E-state index < -0.39 is 20.0 Å². The first-order valence-corrected chi connectivity index (χ1v) is 11.2. The molecule has 0 bridgehead atoms. The van der Waals surface area contributed by atoms with E-state index in [9.17, 15) is 16.8 Å². The van der Waals surface area contributed by atoms with Gasteiger partial charge in [0.2, 0.25) is 0 Å². The molecule has 6 nitrogen and oxygen atoms in total. The first kappa shape index (κ1) is 21.8. The number of rotatable bonds is 14. The zero-order chi connectivity index (χ0) is 17.1. The Morgan fingerprint density at radius 2 is 1.18 bits per heavy atom. The standard InChI is InChI=1S/C14H31N2O4S2/c1-4-5-6-7-8-10-13-21(17,18)15-22(19,20)14-11-9-12-16(2)3/h4-14H2,1-3H3/q-1. The monoisotopic (exact) mass is 355 g/mol. The molecule has 0 aromatic heterocycles. The fraction of sp³-hybridized carbons (Fsp3) is 1.00. The highest BCUT2D eigenvalue weighted by molar-refractivity contribution is 8.12. The van der Waals surface area contributed by atoms with E-state index in [0.717, 1.165) is 38.6 Å². The van der Waals surface area contributed by atoms with Gasteiger partial charge in [0.25, 0.3) is 0 Å². The van der Waals surface area contributed by atoms with E-state index >= 15 is 0 Å². The molecule has 0 aliphatic heterocycles. The average molecular weight is 356 g/mol. The van der Waals surface area contributed by atoms with E-state index in [1.807, 2.05) is 19.0 Å². The first-order chi connectivity index (χ1) is 10.2. The van der Waals surface area contributed by atoms with Gasteiger partial charge >= 0.3 is 0 Å². The summed E-state index contributed by atoms with van der Waals surface area (Å²) >= 11 is 0. The van der Waals surface area contributed by atoms with Crippen molar-refractivity contribution in [3.05, 3.63) is 4.13 Å². The number of unbranched alkanes of at least 4 members (excludes halogenated alkanes) is 6. The summed E-state index contributed by atoms with van der Waals surface area (Å²) < 4.78 is 50.0. The van der Waals surface area contributed by atoms with Crippen molar-refractivity contribution < 1.29 is 16.8 Å². The Morgan fingerprint density at radius 3 is 1.68 bits per heavy atom. The van der Waals surface area contributed by atoms with Crippen LogP contribution in [0.1, 0.15) is 58.3 Å². The number of hydrogen-bond donors (Lipinski definition) is 0. The Hall–Kier alpha value is -0.180. The summed E-state index contributed by atoms with van der Waals surface area (Å²) in [6.07, 6.45) is 6.79. The molecule has 0 aromatic rings. The second-order valence-corrected chi connectivity index (χ2v) is 9.67. The Kier molecular flexibility index (Phi) is 11.3. The Labute approximate surface area is 136 Å². The van der Waals surface area contributed by atoms with Crippen molar-refractivity contribution in [2.75, 3.05) is 32.1 Å². The molecular weight excluding hydrogens is 324 g/mol. The second-order valence-electron chi connectivity index (χ2n) is 5.92. The van der Waals surface area contributed by atoms with Gasteiger partial charge in [0.15, 0.2) is 0 Å². The van der Waals surface area contributed by atoms with Crippen LogP contribution in [-0.2, 0) is 20.0 Å².